The average Bonchev–Trinajstić information content (AvgIpc) is 2.20. The molecule has 84 valence electrons. The van der Waals surface area contributed by atoms with Gasteiger partial charge >= 0.3 is 0 Å². The van der Waals surface area contributed by atoms with Crippen LogP contribution in [0.25, 0.3) is 0 Å². The monoisotopic (exact) mass is 210 g/mol. The van der Waals surface area contributed by atoms with Gasteiger partial charge in [-0.2, -0.15) is 0 Å². The largest absolute Gasteiger partial charge is 0.377 e. The molecule has 1 rings (SSSR count). The van der Waals surface area contributed by atoms with Crippen LogP contribution in [0.3, 0.4) is 0 Å². The van der Waals surface area contributed by atoms with E-state index in [1.165, 1.54) is 0 Å². The number of nitro benzene ring substituents is 1. The zero-order chi connectivity index (χ0) is 12.0. The number of nitro groups is 1. The molecule has 1 aromatic carbocycles. The maximum absolute atomic E-state index is 10.6. The summed E-state index contributed by atoms with van der Waals surface area (Å²) in [6.45, 7) is 5.73. The van der Waals surface area contributed by atoms with E-state index in [1.54, 1.807) is 19.1 Å². The van der Waals surface area contributed by atoms with E-state index in [1.807, 2.05) is 38.9 Å². The molecule has 1 aromatic rings. The van der Waals surface area contributed by atoms with Gasteiger partial charge in [0.1, 0.15) is 0 Å². The highest BCUT2D eigenvalue weighted by atomic mass is 16.6. The Labute approximate surface area is 90.7 Å². The number of hydrogen-bond donors (Lipinski definition) is 0. The van der Waals surface area contributed by atoms with Gasteiger partial charge in [-0.3, -0.25) is 10.1 Å². The van der Waals surface area contributed by atoms with E-state index < -0.39 is 0 Å². The number of aryl methyl sites for hydroxylation is 1. The van der Waals surface area contributed by atoms with Crippen LogP contribution in [0, 0.1) is 17.0 Å². The second kappa shape index (κ2) is 6.01. The Bertz CT molecular complexity index is 335. The van der Waals surface area contributed by atoms with Crippen molar-refractivity contribution in [2.45, 2.75) is 20.8 Å². The molecule has 0 aliphatic rings. The molecule has 0 saturated heterocycles. The third-order valence-corrected chi connectivity index (χ3v) is 1.91. The Balaban J connectivity index is 0.000000921. The lowest BCUT2D eigenvalue weighted by atomic mass is 10.2. The molecule has 0 saturated carbocycles. The van der Waals surface area contributed by atoms with E-state index >= 15 is 0 Å². The highest BCUT2D eigenvalue weighted by Crippen LogP contribution is 2.23. The fourth-order valence-corrected chi connectivity index (χ4v) is 1.07. The molecule has 0 unspecified atom stereocenters. The molecule has 0 N–H and O–H groups in total. The van der Waals surface area contributed by atoms with Crippen LogP contribution in [0.5, 0.6) is 0 Å². The first kappa shape index (κ1) is 13.4. The van der Waals surface area contributed by atoms with Crippen LogP contribution in [-0.4, -0.2) is 19.0 Å². The van der Waals surface area contributed by atoms with E-state index in [4.69, 9.17) is 0 Å². The van der Waals surface area contributed by atoms with Gasteiger partial charge in [0, 0.05) is 31.4 Å². The maximum Gasteiger partial charge on any atom is 0.274 e. The van der Waals surface area contributed by atoms with Crippen molar-refractivity contribution in [3.63, 3.8) is 0 Å². The van der Waals surface area contributed by atoms with Crippen LogP contribution in [0.2, 0.25) is 0 Å². The summed E-state index contributed by atoms with van der Waals surface area (Å²) in [6.07, 6.45) is 0. The molecule has 0 spiro atoms. The topological polar surface area (TPSA) is 46.4 Å². The highest BCUT2D eigenvalue weighted by molar-refractivity contribution is 5.55. The number of nitrogens with zero attached hydrogens (tertiary/aromatic N) is 2. The van der Waals surface area contributed by atoms with Crippen molar-refractivity contribution in [3.05, 3.63) is 33.9 Å². The van der Waals surface area contributed by atoms with Crippen LogP contribution in [0.1, 0.15) is 19.4 Å². The van der Waals surface area contributed by atoms with Crippen LogP contribution < -0.4 is 4.90 Å². The maximum atomic E-state index is 10.6. The number of hydrogen-bond acceptors (Lipinski definition) is 3. The summed E-state index contributed by atoms with van der Waals surface area (Å²) in [5, 5.41) is 10.6. The van der Waals surface area contributed by atoms with Crippen molar-refractivity contribution >= 4 is 11.4 Å². The molecule has 0 aliphatic carbocycles. The molecule has 0 atom stereocenters. The van der Waals surface area contributed by atoms with E-state index in [9.17, 15) is 10.1 Å². The van der Waals surface area contributed by atoms with Crippen molar-refractivity contribution in [3.8, 4) is 0 Å². The molecule has 15 heavy (non-hydrogen) atoms. The quantitative estimate of drug-likeness (QED) is 0.557. The van der Waals surface area contributed by atoms with Gasteiger partial charge in [-0.1, -0.05) is 19.9 Å². The molecule has 0 aromatic heterocycles. The summed E-state index contributed by atoms with van der Waals surface area (Å²) < 4.78 is 0. The molecule has 0 radical (unpaired) electrons. The summed E-state index contributed by atoms with van der Waals surface area (Å²) in [5.74, 6) is 0. The van der Waals surface area contributed by atoms with Crippen LogP contribution in [-0.2, 0) is 0 Å². The minimum atomic E-state index is -0.359. The highest BCUT2D eigenvalue weighted by Gasteiger charge is 2.11. The Morgan fingerprint density at radius 2 is 1.80 bits per heavy atom. The third kappa shape index (κ3) is 3.58. The molecule has 0 aliphatic heterocycles. The fraction of sp³-hybridized carbons (Fsp3) is 0.455. The van der Waals surface area contributed by atoms with Gasteiger partial charge in [0.2, 0.25) is 0 Å². The first-order chi connectivity index (χ1) is 7.02. The van der Waals surface area contributed by atoms with E-state index in [0.717, 1.165) is 5.69 Å². The summed E-state index contributed by atoms with van der Waals surface area (Å²) in [4.78, 5) is 12.1. The van der Waals surface area contributed by atoms with Gasteiger partial charge in [-0.15, -0.1) is 0 Å². The summed E-state index contributed by atoms with van der Waals surface area (Å²) in [5.41, 5.74) is 1.71. The van der Waals surface area contributed by atoms with Crippen molar-refractivity contribution < 1.29 is 4.92 Å². The molecule has 4 heteroatoms. The predicted molar refractivity (Wildman–Crippen MR) is 63.5 cm³/mol. The Hall–Kier alpha value is -1.58. The normalized spacial score (nSPS) is 8.87. The third-order valence-electron chi connectivity index (χ3n) is 1.91. The Morgan fingerprint density at radius 3 is 2.20 bits per heavy atom. The van der Waals surface area contributed by atoms with Crippen molar-refractivity contribution in [2.75, 3.05) is 19.0 Å². The predicted octanol–water partition coefficient (Wildman–Crippen LogP) is 3.00. The average molecular weight is 210 g/mol. The number of benzene rings is 1. The number of rotatable bonds is 2. The SMILES string of the molecule is CC.Cc1ccc(N(C)C)cc1[N+](=O)[O-]. The van der Waals surface area contributed by atoms with Gasteiger partial charge in [-0.25, -0.2) is 0 Å². The second-order valence-electron chi connectivity index (χ2n) is 3.12. The van der Waals surface area contributed by atoms with Crippen LogP contribution in [0.4, 0.5) is 11.4 Å². The van der Waals surface area contributed by atoms with E-state index in [2.05, 4.69) is 0 Å². The number of anilines is 1. The van der Waals surface area contributed by atoms with Gasteiger partial charge in [0.05, 0.1) is 4.92 Å². The van der Waals surface area contributed by atoms with Crippen molar-refractivity contribution in [1.29, 1.82) is 0 Å². The van der Waals surface area contributed by atoms with Gasteiger partial charge < -0.3 is 4.90 Å². The van der Waals surface area contributed by atoms with E-state index in [-0.39, 0.29) is 10.6 Å². The summed E-state index contributed by atoms with van der Waals surface area (Å²) >= 11 is 0. The minimum absolute atomic E-state index is 0.172. The van der Waals surface area contributed by atoms with Gasteiger partial charge in [0.15, 0.2) is 0 Å². The van der Waals surface area contributed by atoms with Gasteiger partial charge in [-0.05, 0) is 13.0 Å². The molecule has 0 heterocycles. The Morgan fingerprint density at radius 1 is 1.27 bits per heavy atom. The lowest BCUT2D eigenvalue weighted by Gasteiger charge is -2.12. The molecule has 0 amide bonds. The summed E-state index contributed by atoms with van der Waals surface area (Å²) in [6, 6.07) is 5.20. The molecular formula is C11H18N2O2. The molecule has 0 bridgehead atoms. The van der Waals surface area contributed by atoms with Crippen LogP contribution >= 0.6 is 0 Å². The molecular weight excluding hydrogens is 192 g/mol. The standard InChI is InChI=1S/C9H12N2O2.C2H6/c1-7-4-5-8(10(2)3)6-9(7)11(12)13;1-2/h4-6H,1-3H3;1-2H3. The molecule has 4 nitrogen and oxygen atoms in total. The second-order valence-corrected chi connectivity index (χ2v) is 3.12. The Kier molecular flexibility index (Phi) is 5.37. The van der Waals surface area contributed by atoms with E-state index in [0.29, 0.717) is 5.56 Å². The van der Waals surface area contributed by atoms with Crippen molar-refractivity contribution in [1.82, 2.24) is 0 Å². The van der Waals surface area contributed by atoms with Gasteiger partial charge in [0.25, 0.3) is 5.69 Å². The first-order valence-electron chi connectivity index (χ1n) is 4.94. The molecule has 0 fully saturated rings. The smallest absolute Gasteiger partial charge is 0.274 e. The first-order valence-corrected chi connectivity index (χ1v) is 4.94. The minimum Gasteiger partial charge on any atom is -0.377 e. The zero-order valence-electron chi connectivity index (χ0n) is 9.94. The summed E-state index contributed by atoms with van der Waals surface area (Å²) in [7, 11) is 3.71. The lowest BCUT2D eigenvalue weighted by Crippen LogP contribution is -2.08. The van der Waals surface area contributed by atoms with Crippen molar-refractivity contribution in [2.24, 2.45) is 0 Å². The van der Waals surface area contributed by atoms with Crippen LogP contribution in [0.15, 0.2) is 18.2 Å². The fourth-order valence-electron chi connectivity index (χ4n) is 1.07. The lowest BCUT2D eigenvalue weighted by molar-refractivity contribution is -0.385. The zero-order valence-corrected chi connectivity index (χ0v) is 9.94.